The molecule has 0 spiro atoms. The highest BCUT2D eigenvalue weighted by atomic mass is 35.5. The van der Waals surface area contributed by atoms with Crippen LogP contribution < -0.4 is 10.5 Å². The van der Waals surface area contributed by atoms with Gasteiger partial charge in [-0.2, -0.15) is 0 Å². The van der Waals surface area contributed by atoms with Crippen LogP contribution in [-0.2, 0) is 9.31 Å². The van der Waals surface area contributed by atoms with Crippen molar-refractivity contribution in [2.75, 3.05) is 0 Å². The van der Waals surface area contributed by atoms with Gasteiger partial charge in [0.15, 0.2) is 0 Å². The molecule has 23 heavy (non-hydrogen) atoms. The Kier molecular flexibility index (Phi) is 4.67. The van der Waals surface area contributed by atoms with Gasteiger partial charge >= 0.3 is 13.5 Å². The Morgan fingerprint density at radius 3 is 2.13 bits per heavy atom. The molecule has 1 aromatic rings. The number of rotatable bonds is 3. The highest BCUT2D eigenvalue weighted by molar-refractivity contribution is 6.47. The molecule has 2 N–H and O–H groups in total. The first-order valence-electron chi connectivity index (χ1n) is 6.99. The lowest BCUT2D eigenvalue weighted by molar-refractivity contribution is -0.274. The summed E-state index contributed by atoms with van der Waals surface area (Å²) in [5.41, 5.74) is 5.49. The Balaban J connectivity index is 2.18. The standard InChI is InChI=1S/C14H18BClF3NO3/c1-12(2)13(3,4)23-15(22-12)11(20)8-5-6-10(9(16)7-8)21-14(17,18)19/h5-7,11H,20H2,1-4H3/t11-/m1/s1. The van der Waals surface area contributed by atoms with Crippen molar-refractivity contribution in [1.29, 1.82) is 0 Å². The molecule has 0 aromatic heterocycles. The van der Waals surface area contributed by atoms with Crippen molar-refractivity contribution >= 4 is 18.7 Å². The second-order valence-electron chi connectivity index (χ2n) is 6.39. The first kappa shape index (κ1) is 18.4. The van der Waals surface area contributed by atoms with Crippen molar-refractivity contribution in [1.82, 2.24) is 0 Å². The second kappa shape index (κ2) is 5.84. The van der Waals surface area contributed by atoms with Gasteiger partial charge in [0, 0.05) is 0 Å². The molecular formula is C14H18BClF3NO3. The third-order valence-corrected chi connectivity index (χ3v) is 4.43. The van der Waals surface area contributed by atoms with Crippen LogP contribution in [0.25, 0.3) is 0 Å². The molecule has 0 bridgehead atoms. The minimum Gasteiger partial charge on any atom is -0.404 e. The van der Waals surface area contributed by atoms with E-state index >= 15 is 0 Å². The van der Waals surface area contributed by atoms with Crippen molar-refractivity contribution in [3.8, 4) is 5.75 Å². The summed E-state index contributed by atoms with van der Waals surface area (Å²) in [6.45, 7) is 7.53. The van der Waals surface area contributed by atoms with Crippen LogP contribution in [0.1, 0.15) is 39.2 Å². The van der Waals surface area contributed by atoms with E-state index < -0.39 is 36.4 Å². The fourth-order valence-electron chi connectivity index (χ4n) is 2.12. The number of nitrogens with two attached hydrogens (primary N) is 1. The Hall–Kier alpha value is -0.955. The SMILES string of the molecule is CC1(C)OB([C@H](N)c2ccc(OC(F)(F)F)c(Cl)c2)OC1(C)C. The summed E-state index contributed by atoms with van der Waals surface area (Å²) in [6.07, 6.45) is -4.81. The molecule has 1 aliphatic rings. The molecule has 0 radical (unpaired) electrons. The van der Waals surface area contributed by atoms with Gasteiger partial charge in [0.2, 0.25) is 0 Å². The van der Waals surface area contributed by atoms with Gasteiger partial charge in [0.1, 0.15) is 5.75 Å². The number of alkyl halides is 3. The van der Waals surface area contributed by atoms with Crippen LogP contribution in [0.4, 0.5) is 13.2 Å². The summed E-state index contributed by atoms with van der Waals surface area (Å²) in [7, 11) is -0.731. The van der Waals surface area contributed by atoms with Crippen LogP contribution in [-0.4, -0.2) is 24.7 Å². The fourth-order valence-corrected chi connectivity index (χ4v) is 2.35. The predicted octanol–water partition coefficient (Wildman–Crippen LogP) is 3.87. The molecule has 1 atom stereocenters. The zero-order chi connectivity index (χ0) is 17.6. The van der Waals surface area contributed by atoms with Crippen LogP contribution in [0.5, 0.6) is 5.75 Å². The van der Waals surface area contributed by atoms with Crippen molar-refractivity contribution in [2.45, 2.75) is 51.2 Å². The molecule has 0 amide bonds. The molecule has 1 fully saturated rings. The van der Waals surface area contributed by atoms with Crippen LogP contribution in [0, 0.1) is 0 Å². The quantitative estimate of drug-likeness (QED) is 0.840. The Labute approximate surface area is 138 Å². The molecule has 128 valence electrons. The zero-order valence-electron chi connectivity index (χ0n) is 13.2. The van der Waals surface area contributed by atoms with E-state index in [2.05, 4.69) is 4.74 Å². The first-order valence-corrected chi connectivity index (χ1v) is 7.37. The molecular weight excluding hydrogens is 333 g/mol. The van der Waals surface area contributed by atoms with Gasteiger partial charge in [0.05, 0.1) is 22.2 Å². The number of halogens is 4. The topological polar surface area (TPSA) is 53.7 Å². The van der Waals surface area contributed by atoms with E-state index in [1.165, 1.54) is 12.1 Å². The number of ether oxygens (including phenoxy) is 1. The van der Waals surface area contributed by atoms with Crippen molar-refractivity contribution in [3.63, 3.8) is 0 Å². The lowest BCUT2D eigenvalue weighted by atomic mass is 9.75. The van der Waals surface area contributed by atoms with E-state index in [-0.39, 0.29) is 5.02 Å². The molecule has 0 unspecified atom stereocenters. The largest absolute Gasteiger partial charge is 0.573 e. The number of benzene rings is 1. The summed E-state index contributed by atoms with van der Waals surface area (Å²) >= 11 is 5.84. The van der Waals surface area contributed by atoms with Crippen LogP contribution >= 0.6 is 11.6 Å². The maximum Gasteiger partial charge on any atom is 0.573 e. The molecule has 0 aliphatic carbocycles. The molecule has 2 rings (SSSR count). The van der Waals surface area contributed by atoms with E-state index in [0.717, 1.165) is 6.07 Å². The predicted molar refractivity (Wildman–Crippen MR) is 81.1 cm³/mol. The van der Waals surface area contributed by atoms with Crippen LogP contribution in [0.2, 0.25) is 5.02 Å². The third-order valence-electron chi connectivity index (χ3n) is 4.13. The van der Waals surface area contributed by atoms with Gasteiger partial charge in [-0.3, -0.25) is 0 Å². The van der Waals surface area contributed by atoms with Gasteiger partial charge < -0.3 is 19.8 Å². The van der Waals surface area contributed by atoms with E-state index in [9.17, 15) is 13.2 Å². The monoisotopic (exact) mass is 351 g/mol. The molecule has 4 nitrogen and oxygen atoms in total. The van der Waals surface area contributed by atoms with Gasteiger partial charge in [-0.15, -0.1) is 13.2 Å². The van der Waals surface area contributed by atoms with Crippen molar-refractivity contribution in [3.05, 3.63) is 28.8 Å². The van der Waals surface area contributed by atoms with E-state index in [4.69, 9.17) is 26.6 Å². The minimum absolute atomic E-state index is 0.188. The van der Waals surface area contributed by atoms with Gasteiger partial charge in [-0.25, -0.2) is 0 Å². The fraction of sp³-hybridized carbons (Fsp3) is 0.571. The van der Waals surface area contributed by atoms with Gasteiger partial charge in [-0.1, -0.05) is 17.7 Å². The average Bonchev–Trinajstić information content (AvgIpc) is 2.58. The smallest absolute Gasteiger partial charge is 0.404 e. The van der Waals surface area contributed by atoms with Crippen molar-refractivity contribution in [2.24, 2.45) is 5.73 Å². The maximum absolute atomic E-state index is 12.3. The first-order chi connectivity index (χ1) is 10.3. The normalized spacial score (nSPS) is 21.3. The van der Waals surface area contributed by atoms with Crippen molar-refractivity contribution < 1.29 is 27.2 Å². The summed E-state index contributed by atoms with van der Waals surface area (Å²) < 4.78 is 52.2. The second-order valence-corrected chi connectivity index (χ2v) is 6.80. The Morgan fingerprint density at radius 1 is 1.17 bits per heavy atom. The van der Waals surface area contributed by atoms with E-state index in [1.54, 1.807) is 0 Å². The highest BCUT2D eigenvalue weighted by Gasteiger charge is 2.53. The number of hydrogen-bond acceptors (Lipinski definition) is 4. The molecule has 1 saturated heterocycles. The minimum atomic E-state index is -4.81. The van der Waals surface area contributed by atoms with Crippen LogP contribution in [0.15, 0.2) is 18.2 Å². The molecule has 1 aromatic carbocycles. The summed E-state index contributed by atoms with van der Waals surface area (Å²) in [5.74, 6) is -1.18. The highest BCUT2D eigenvalue weighted by Crippen LogP contribution is 2.40. The van der Waals surface area contributed by atoms with Crippen LogP contribution in [0.3, 0.4) is 0 Å². The number of hydrogen-bond donors (Lipinski definition) is 1. The molecule has 9 heteroatoms. The lowest BCUT2D eigenvalue weighted by Gasteiger charge is -2.32. The zero-order valence-corrected chi connectivity index (χ0v) is 14.0. The van der Waals surface area contributed by atoms with E-state index in [0.29, 0.717) is 5.56 Å². The summed E-state index contributed by atoms with van der Waals surface area (Å²) in [4.78, 5) is 0. The molecule has 0 saturated carbocycles. The average molecular weight is 352 g/mol. The maximum atomic E-state index is 12.3. The molecule has 1 heterocycles. The molecule has 1 aliphatic heterocycles. The van der Waals surface area contributed by atoms with Gasteiger partial charge in [-0.05, 0) is 45.4 Å². The van der Waals surface area contributed by atoms with E-state index in [1.807, 2.05) is 27.7 Å². The Bertz CT molecular complexity index is 579. The Morgan fingerprint density at radius 2 is 1.70 bits per heavy atom. The lowest BCUT2D eigenvalue weighted by Crippen LogP contribution is -2.41. The van der Waals surface area contributed by atoms with Gasteiger partial charge in [0.25, 0.3) is 0 Å². The third kappa shape index (κ3) is 3.93. The summed E-state index contributed by atoms with van der Waals surface area (Å²) in [5, 5.41) is -0.188. The summed E-state index contributed by atoms with van der Waals surface area (Å²) in [6, 6.07) is 3.84.